The van der Waals surface area contributed by atoms with Gasteiger partial charge in [-0.3, -0.25) is 10.1 Å². The Hall–Kier alpha value is -3.82. The van der Waals surface area contributed by atoms with Crippen molar-refractivity contribution in [3.8, 4) is 17.4 Å². The van der Waals surface area contributed by atoms with Crippen LogP contribution in [0.3, 0.4) is 0 Å². The van der Waals surface area contributed by atoms with Crippen LogP contribution in [-0.4, -0.2) is 42.9 Å². The van der Waals surface area contributed by atoms with E-state index >= 15 is 0 Å². The molecule has 0 aliphatic carbocycles. The van der Waals surface area contributed by atoms with Gasteiger partial charge in [-0.1, -0.05) is 37.3 Å². The number of furan rings is 1. The second-order valence-corrected chi connectivity index (χ2v) is 10.9. The molecule has 1 N–H and O–H groups in total. The van der Waals surface area contributed by atoms with E-state index in [2.05, 4.69) is 15.5 Å². The minimum Gasteiger partial charge on any atom is -0.462 e. The highest BCUT2D eigenvalue weighted by Crippen LogP contribution is 2.26. The maximum Gasteiger partial charge on any atom is 0.338 e. The highest BCUT2D eigenvalue weighted by atomic mass is 32.2. The summed E-state index contributed by atoms with van der Waals surface area (Å²) >= 11 is 0.713. The predicted molar refractivity (Wildman–Crippen MR) is 129 cm³/mol. The fourth-order valence-electron chi connectivity index (χ4n) is 2.95. The number of nitrogens with zero attached hydrogens (tertiary/aromatic N) is 3. The molecular formula is C23H22N4O6S2. The number of ether oxygens (including phenoxy) is 1. The monoisotopic (exact) mass is 514 g/mol. The lowest BCUT2D eigenvalue weighted by atomic mass is 10.1. The van der Waals surface area contributed by atoms with Crippen LogP contribution in [0, 0.1) is 17.2 Å². The van der Waals surface area contributed by atoms with Crippen molar-refractivity contribution in [2.24, 2.45) is 5.92 Å². The Morgan fingerprint density at radius 3 is 2.71 bits per heavy atom. The van der Waals surface area contributed by atoms with Gasteiger partial charge in [0, 0.05) is 11.6 Å². The first-order chi connectivity index (χ1) is 16.6. The Balaban J connectivity index is 1.76. The number of aromatic nitrogens is 2. The van der Waals surface area contributed by atoms with Gasteiger partial charge in [-0.15, -0.1) is 10.2 Å². The topological polar surface area (TPSA) is 152 Å². The Bertz CT molecular complexity index is 1410. The van der Waals surface area contributed by atoms with Crippen molar-refractivity contribution in [3.05, 3.63) is 53.3 Å². The van der Waals surface area contributed by atoms with Gasteiger partial charge in [0.15, 0.2) is 0 Å². The summed E-state index contributed by atoms with van der Waals surface area (Å²) in [7, 11) is -3.61. The third-order valence-electron chi connectivity index (χ3n) is 4.38. The van der Waals surface area contributed by atoms with Crippen LogP contribution in [0.5, 0.6) is 0 Å². The molecule has 0 spiro atoms. The van der Waals surface area contributed by atoms with E-state index in [9.17, 15) is 23.3 Å². The molecule has 182 valence electrons. The Morgan fingerprint density at radius 1 is 1.26 bits per heavy atom. The molecule has 2 heterocycles. The average Bonchev–Trinajstić information content (AvgIpc) is 3.47. The number of amides is 1. The number of esters is 1. The minimum absolute atomic E-state index is 0.0469. The fourth-order valence-corrected chi connectivity index (χ4v) is 5.56. The van der Waals surface area contributed by atoms with Gasteiger partial charge in [0.05, 0.1) is 17.9 Å². The van der Waals surface area contributed by atoms with Crippen LogP contribution in [0.4, 0.5) is 5.13 Å². The van der Waals surface area contributed by atoms with Crippen molar-refractivity contribution >= 4 is 44.3 Å². The summed E-state index contributed by atoms with van der Waals surface area (Å²) in [6.07, 6.45) is 1.24. The molecule has 35 heavy (non-hydrogen) atoms. The van der Waals surface area contributed by atoms with Crippen molar-refractivity contribution in [2.45, 2.75) is 25.1 Å². The Labute approximate surface area is 206 Å². The van der Waals surface area contributed by atoms with Gasteiger partial charge in [0.1, 0.15) is 23.2 Å². The predicted octanol–water partition coefficient (Wildman–Crippen LogP) is 3.95. The van der Waals surface area contributed by atoms with E-state index < -0.39 is 21.7 Å². The Kier molecular flexibility index (Phi) is 8.16. The van der Waals surface area contributed by atoms with E-state index in [0.717, 1.165) is 0 Å². The van der Waals surface area contributed by atoms with Crippen molar-refractivity contribution in [1.29, 1.82) is 5.26 Å². The molecule has 0 aliphatic heterocycles. The Morgan fingerprint density at radius 2 is 2.03 bits per heavy atom. The third kappa shape index (κ3) is 6.62. The van der Waals surface area contributed by atoms with Crippen molar-refractivity contribution < 1.29 is 27.2 Å². The zero-order chi connectivity index (χ0) is 25.6. The number of nitrogens with one attached hydrogen (secondary N) is 1. The summed E-state index contributed by atoms with van der Waals surface area (Å²) in [5.74, 6) is -0.793. The van der Waals surface area contributed by atoms with Crippen molar-refractivity contribution in [3.63, 3.8) is 0 Å². The molecule has 0 fully saturated rings. The first-order valence-electron chi connectivity index (χ1n) is 10.5. The average molecular weight is 515 g/mol. The van der Waals surface area contributed by atoms with E-state index in [0.29, 0.717) is 28.2 Å². The quantitative estimate of drug-likeness (QED) is 0.193. The van der Waals surface area contributed by atoms with Gasteiger partial charge in [0.25, 0.3) is 5.91 Å². The number of carbonyl (C=O) groups is 2. The van der Waals surface area contributed by atoms with E-state index in [4.69, 9.17) is 9.15 Å². The molecule has 0 saturated heterocycles. The maximum atomic E-state index is 12.5. The summed E-state index contributed by atoms with van der Waals surface area (Å²) in [6, 6.07) is 11.7. The molecule has 3 aromatic rings. The summed E-state index contributed by atoms with van der Waals surface area (Å²) < 4.78 is 35.1. The number of hydrogen-bond donors (Lipinski definition) is 1. The van der Waals surface area contributed by atoms with Crippen LogP contribution >= 0.6 is 11.3 Å². The SMILES string of the molecule is CCOC(=O)c1cccc(-c2ccc(/C=C(/C#N)C(=O)Nc3nnc(S(=O)(=O)CC(C)C)s3)o2)c1. The van der Waals surface area contributed by atoms with E-state index in [1.54, 1.807) is 63.2 Å². The summed E-state index contributed by atoms with van der Waals surface area (Å²) in [4.78, 5) is 24.5. The van der Waals surface area contributed by atoms with Crippen LogP contribution in [-0.2, 0) is 19.4 Å². The van der Waals surface area contributed by atoms with Crippen LogP contribution in [0.1, 0.15) is 36.9 Å². The van der Waals surface area contributed by atoms with Crippen molar-refractivity contribution in [2.75, 3.05) is 17.7 Å². The lowest BCUT2D eigenvalue weighted by Crippen LogP contribution is -2.13. The number of rotatable bonds is 9. The first kappa shape index (κ1) is 25.8. The molecule has 12 heteroatoms. The highest BCUT2D eigenvalue weighted by molar-refractivity contribution is 7.93. The minimum atomic E-state index is -3.61. The maximum absolute atomic E-state index is 12.5. The normalized spacial score (nSPS) is 11.8. The van der Waals surface area contributed by atoms with Gasteiger partial charge in [-0.25, -0.2) is 13.2 Å². The number of carbonyl (C=O) groups excluding carboxylic acids is 2. The first-order valence-corrected chi connectivity index (χ1v) is 13.0. The zero-order valence-electron chi connectivity index (χ0n) is 19.1. The molecule has 3 rings (SSSR count). The second-order valence-electron chi connectivity index (χ2n) is 7.68. The molecule has 0 aliphatic rings. The van der Waals surface area contributed by atoms with Crippen LogP contribution < -0.4 is 5.32 Å². The molecule has 0 radical (unpaired) electrons. The number of anilines is 1. The fraction of sp³-hybridized carbons (Fsp3) is 0.261. The highest BCUT2D eigenvalue weighted by Gasteiger charge is 2.23. The van der Waals surface area contributed by atoms with Gasteiger partial charge < -0.3 is 9.15 Å². The molecule has 0 bridgehead atoms. The molecule has 10 nitrogen and oxygen atoms in total. The molecule has 0 saturated carbocycles. The lowest BCUT2D eigenvalue weighted by Gasteiger charge is -2.03. The lowest BCUT2D eigenvalue weighted by molar-refractivity contribution is -0.112. The standard InChI is InChI=1S/C23H22N4O6S2/c1-4-32-21(29)16-7-5-6-15(10-16)19-9-8-18(33-19)11-17(12-24)20(28)25-22-26-27-23(34-22)35(30,31)13-14(2)3/h5-11,14H,4,13H2,1-3H3,(H,25,26,28)/b17-11-. The van der Waals surface area contributed by atoms with Crippen molar-refractivity contribution in [1.82, 2.24) is 10.2 Å². The van der Waals surface area contributed by atoms with Gasteiger partial charge in [-0.2, -0.15) is 5.26 Å². The van der Waals surface area contributed by atoms with E-state index in [-0.39, 0.29) is 39.1 Å². The largest absolute Gasteiger partial charge is 0.462 e. The number of sulfone groups is 1. The molecule has 0 atom stereocenters. The molecule has 0 unspecified atom stereocenters. The van der Waals surface area contributed by atoms with Crippen LogP contribution in [0.25, 0.3) is 17.4 Å². The summed E-state index contributed by atoms with van der Waals surface area (Å²) in [5, 5.41) is 19.1. The summed E-state index contributed by atoms with van der Waals surface area (Å²) in [6.45, 7) is 5.50. The van der Waals surface area contributed by atoms with Crippen LogP contribution in [0.15, 0.2) is 50.7 Å². The third-order valence-corrected chi connectivity index (χ3v) is 7.75. The van der Waals surface area contributed by atoms with Gasteiger partial charge in [0.2, 0.25) is 19.3 Å². The zero-order valence-corrected chi connectivity index (χ0v) is 20.8. The van der Waals surface area contributed by atoms with Gasteiger partial charge >= 0.3 is 5.97 Å². The van der Waals surface area contributed by atoms with E-state index in [1.165, 1.54) is 6.08 Å². The number of nitriles is 1. The van der Waals surface area contributed by atoms with E-state index in [1.807, 2.05) is 0 Å². The van der Waals surface area contributed by atoms with Gasteiger partial charge in [-0.05, 0) is 37.1 Å². The van der Waals surface area contributed by atoms with Crippen LogP contribution in [0.2, 0.25) is 0 Å². The smallest absolute Gasteiger partial charge is 0.338 e. The number of benzene rings is 1. The molecular weight excluding hydrogens is 492 g/mol. The number of hydrogen-bond acceptors (Lipinski definition) is 10. The molecule has 1 amide bonds. The molecule has 2 aromatic heterocycles. The molecule has 1 aromatic carbocycles. The summed E-state index contributed by atoms with van der Waals surface area (Å²) in [5.41, 5.74) is 0.692. The second kappa shape index (κ2) is 11.1.